The van der Waals surface area contributed by atoms with Crippen molar-refractivity contribution >= 4 is 9.84 Å². The number of H-pyrrole nitrogens is 1. The van der Waals surface area contributed by atoms with Crippen molar-refractivity contribution in [2.45, 2.75) is 37.0 Å². The number of aliphatic hydroxyl groups excluding tert-OH is 1. The van der Waals surface area contributed by atoms with Gasteiger partial charge in [0.2, 0.25) is 0 Å². The molecule has 7 heteroatoms. The molecule has 2 rings (SSSR count). The van der Waals surface area contributed by atoms with Crippen LogP contribution in [0.5, 0.6) is 0 Å². The summed E-state index contributed by atoms with van der Waals surface area (Å²) in [6.07, 6.45) is 4.89. The van der Waals surface area contributed by atoms with Crippen LogP contribution in [0.3, 0.4) is 0 Å². The van der Waals surface area contributed by atoms with Crippen molar-refractivity contribution < 1.29 is 13.5 Å². The molecule has 0 aliphatic heterocycles. The monoisotopic (exact) mass is 259 g/mol. The van der Waals surface area contributed by atoms with Gasteiger partial charge in [0.15, 0.2) is 0 Å². The molecule has 6 nitrogen and oxygen atoms in total. The van der Waals surface area contributed by atoms with Crippen LogP contribution < -0.4 is 0 Å². The van der Waals surface area contributed by atoms with Gasteiger partial charge in [0.1, 0.15) is 21.6 Å². The number of sulfone groups is 1. The number of nitrogens with one attached hydrogen (secondary N) is 1. The Morgan fingerprint density at radius 1 is 1.53 bits per heavy atom. The Morgan fingerprint density at radius 3 is 2.88 bits per heavy atom. The van der Waals surface area contributed by atoms with Crippen molar-refractivity contribution in [3.63, 3.8) is 0 Å². The molecule has 1 fully saturated rings. The van der Waals surface area contributed by atoms with E-state index in [1.54, 1.807) is 0 Å². The van der Waals surface area contributed by atoms with Gasteiger partial charge in [0.05, 0.1) is 11.4 Å². The Bertz CT molecular complexity index is 457. The zero-order valence-electron chi connectivity index (χ0n) is 9.70. The molecule has 1 heterocycles. The topological polar surface area (TPSA) is 95.9 Å². The second-order valence-corrected chi connectivity index (χ2v) is 7.04. The smallest absolute Gasteiger partial charge is 0.150 e. The quantitative estimate of drug-likeness (QED) is 0.821. The van der Waals surface area contributed by atoms with E-state index in [1.165, 1.54) is 12.5 Å². The standard InChI is InChI=1S/C10H17N3O3S/c1-17(15,16)8-4-2-3-7(5-8)10(14)9-6-11-13-12-9/h6-8,10,14H,2-5H2,1H3,(H,11,12,13). The number of aliphatic hydroxyl groups is 1. The van der Waals surface area contributed by atoms with Crippen molar-refractivity contribution in [3.8, 4) is 0 Å². The first-order valence-electron chi connectivity index (χ1n) is 5.71. The summed E-state index contributed by atoms with van der Waals surface area (Å²) < 4.78 is 23.1. The van der Waals surface area contributed by atoms with Gasteiger partial charge >= 0.3 is 0 Å². The summed E-state index contributed by atoms with van der Waals surface area (Å²) in [5.74, 6) is -0.0476. The number of rotatable bonds is 3. The van der Waals surface area contributed by atoms with E-state index in [4.69, 9.17) is 0 Å². The van der Waals surface area contributed by atoms with Crippen LogP contribution in [-0.4, -0.2) is 40.4 Å². The first kappa shape index (κ1) is 12.5. The van der Waals surface area contributed by atoms with Crippen molar-refractivity contribution in [2.75, 3.05) is 6.26 Å². The third-order valence-electron chi connectivity index (χ3n) is 3.46. The lowest BCUT2D eigenvalue weighted by molar-refractivity contribution is 0.0819. The molecule has 3 unspecified atom stereocenters. The molecule has 3 atom stereocenters. The van der Waals surface area contributed by atoms with Gasteiger partial charge in [0.25, 0.3) is 0 Å². The molecule has 96 valence electrons. The molecule has 2 N–H and O–H groups in total. The lowest BCUT2D eigenvalue weighted by atomic mass is 9.84. The van der Waals surface area contributed by atoms with E-state index < -0.39 is 15.9 Å². The van der Waals surface area contributed by atoms with Gasteiger partial charge in [-0.2, -0.15) is 15.4 Å². The predicted octanol–water partition coefficient (Wildman–Crippen LogP) is 0.441. The number of hydrogen-bond acceptors (Lipinski definition) is 5. The van der Waals surface area contributed by atoms with Crippen LogP contribution in [0.4, 0.5) is 0 Å². The molecule has 0 aromatic carbocycles. The second-order valence-electron chi connectivity index (χ2n) is 4.72. The van der Waals surface area contributed by atoms with Gasteiger partial charge in [0, 0.05) is 6.26 Å². The van der Waals surface area contributed by atoms with Crippen LogP contribution in [-0.2, 0) is 9.84 Å². The molecule has 0 amide bonds. The number of nitrogens with zero attached hydrogens (tertiary/aromatic N) is 2. The van der Waals surface area contributed by atoms with E-state index in [9.17, 15) is 13.5 Å². The van der Waals surface area contributed by atoms with Crippen LogP contribution in [0.25, 0.3) is 0 Å². The molecule has 1 aliphatic rings. The van der Waals surface area contributed by atoms with Gasteiger partial charge in [-0.05, 0) is 25.2 Å². The molecular weight excluding hydrogens is 242 g/mol. The fourth-order valence-corrected chi connectivity index (χ4v) is 3.64. The minimum atomic E-state index is -3.02. The summed E-state index contributed by atoms with van der Waals surface area (Å²) in [4.78, 5) is 0. The van der Waals surface area contributed by atoms with Gasteiger partial charge in [-0.25, -0.2) is 8.42 Å². The lowest BCUT2D eigenvalue weighted by Crippen LogP contribution is -2.30. The summed E-state index contributed by atoms with van der Waals surface area (Å²) in [5, 5.41) is 19.7. The first-order valence-corrected chi connectivity index (χ1v) is 7.66. The molecule has 0 spiro atoms. The van der Waals surface area contributed by atoms with Crippen molar-refractivity contribution in [1.29, 1.82) is 0 Å². The Kier molecular flexibility index (Phi) is 3.48. The van der Waals surface area contributed by atoms with E-state index in [1.807, 2.05) is 0 Å². The third-order valence-corrected chi connectivity index (χ3v) is 5.09. The summed E-state index contributed by atoms with van der Waals surface area (Å²) in [5.41, 5.74) is 0.490. The molecule has 1 aromatic heterocycles. The van der Waals surface area contributed by atoms with E-state index in [-0.39, 0.29) is 11.2 Å². The van der Waals surface area contributed by atoms with Crippen LogP contribution >= 0.6 is 0 Å². The van der Waals surface area contributed by atoms with E-state index in [2.05, 4.69) is 15.4 Å². The summed E-state index contributed by atoms with van der Waals surface area (Å²) in [7, 11) is -3.02. The Balaban J connectivity index is 2.07. The van der Waals surface area contributed by atoms with Crippen LogP contribution in [0.2, 0.25) is 0 Å². The maximum absolute atomic E-state index is 11.5. The molecule has 0 bridgehead atoms. The van der Waals surface area contributed by atoms with Crippen molar-refractivity contribution in [1.82, 2.24) is 15.4 Å². The molecule has 1 saturated carbocycles. The molecular formula is C10H17N3O3S. The third kappa shape index (κ3) is 2.84. The highest BCUT2D eigenvalue weighted by molar-refractivity contribution is 7.91. The van der Waals surface area contributed by atoms with E-state index in [0.29, 0.717) is 18.5 Å². The van der Waals surface area contributed by atoms with E-state index in [0.717, 1.165) is 12.8 Å². The Labute approximate surface area is 100 Å². The predicted molar refractivity (Wildman–Crippen MR) is 61.9 cm³/mol. The highest BCUT2D eigenvalue weighted by Crippen LogP contribution is 2.35. The minimum absolute atomic E-state index is 0.0476. The van der Waals surface area contributed by atoms with Crippen LogP contribution in [0, 0.1) is 5.92 Å². The van der Waals surface area contributed by atoms with Crippen LogP contribution in [0.15, 0.2) is 6.20 Å². The number of aromatic nitrogens is 3. The normalized spacial score (nSPS) is 27.9. The molecule has 0 radical (unpaired) electrons. The van der Waals surface area contributed by atoms with Crippen molar-refractivity contribution in [3.05, 3.63) is 11.9 Å². The maximum Gasteiger partial charge on any atom is 0.150 e. The lowest BCUT2D eigenvalue weighted by Gasteiger charge is -2.30. The van der Waals surface area contributed by atoms with E-state index >= 15 is 0 Å². The summed E-state index contributed by atoms with van der Waals surface area (Å²) in [6.45, 7) is 0. The van der Waals surface area contributed by atoms with Crippen LogP contribution in [0.1, 0.15) is 37.5 Å². The molecule has 1 aromatic rings. The van der Waals surface area contributed by atoms with Crippen molar-refractivity contribution in [2.24, 2.45) is 5.92 Å². The molecule has 1 aliphatic carbocycles. The highest BCUT2D eigenvalue weighted by Gasteiger charge is 2.33. The molecule has 17 heavy (non-hydrogen) atoms. The van der Waals surface area contributed by atoms with Gasteiger partial charge < -0.3 is 5.11 Å². The zero-order chi connectivity index (χ0) is 12.5. The Hall–Kier alpha value is -0.950. The highest BCUT2D eigenvalue weighted by atomic mass is 32.2. The molecule has 0 saturated heterocycles. The second kappa shape index (κ2) is 4.73. The number of hydrogen-bond donors (Lipinski definition) is 2. The average molecular weight is 259 g/mol. The number of aromatic amines is 1. The zero-order valence-corrected chi connectivity index (χ0v) is 10.5. The summed E-state index contributed by atoms with van der Waals surface area (Å²) in [6, 6.07) is 0. The minimum Gasteiger partial charge on any atom is -0.386 e. The first-order chi connectivity index (χ1) is 7.98. The Morgan fingerprint density at radius 2 is 2.29 bits per heavy atom. The van der Waals surface area contributed by atoms with Gasteiger partial charge in [-0.3, -0.25) is 0 Å². The maximum atomic E-state index is 11.5. The SMILES string of the molecule is CS(=O)(=O)C1CCCC(C(O)c2cn[nH]n2)C1. The average Bonchev–Trinajstić information content (AvgIpc) is 2.80. The summed E-state index contributed by atoms with van der Waals surface area (Å²) >= 11 is 0. The fraction of sp³-hybridized carbons (Fsp3) is 0.800. The van der Waals surface area contributed by atoms with Gasteiger partial charge in [-0.15, -0.1) is 0 Å². The van der Waals surface area contributed by atoms with Gasteiger partial charge in [-0.1, -0.05) is 6.42 Å². The largest absolute Gasteiger partial charge is 0.386 e. The fourth-order valence-electron chi connectivity index (χ4n) is 2.45.